The minimum Gasteiger partial charge on any atom is -0.478 e. The van der Waals surface area contributed by atoms with Gasteiger partial charge in [0.1, 0.15) is 11.5 Å². The van der Waals surface area contributed by atoms with Crippen molar-refractivity contribution in [1.82, 2.24) is 0 Å². The van der Waals surface area contributed by atoms with Gasteiger partial charge in [-0.25, -0.2) is 19.4 Å². The number of imide groups is 2. The molecule has 228 valence electrons. The Morgan fingerprint density at radius 2 is 0.826 bits per heavy atom. The maximum Gasteiger partial charge on any atom is 0.337 e. The third-order valence-electron chi connectivity index (χ3n) is 7.30. The van der Waals surface area contributed by atoms with Gasteiger partial charge in [0.25, 0.3) is 23.6 Å². The van der Waals surface area contributed by atoms with Crippen LogP contribution >= 0.6 is 0 Å². The number of esters is 2. The maximum absolute atomic E-state index is 13.9. The Bertz CT molecular complexity index is 1940. The second kappa shape index (κ2) is 10.5. The van der Waals surface area contributed by atoms with E-state index < -0.39 is 58.6 Å². The highest BCUT2D eigenvalue weighted by molar-refractivity contribution is 6.42. The number of rotatable bonds is 6. The number of hydrogen-bond donors (Lipinski definition) is 2. The fourth-order valence-corrected chi connectivity index (χ4v) is 5.53. The van der Waals surface area contributed by atoms with Crippen LogP contribution in [0.2, 0.25) is 0 Å². The van der Waals surface area contributed by atoms with E-state index in [-0.39, 0.29) is 55.9 Å². The van der Waals surface area contributed by atoms with Gasteiger partial charge in [0.05, 0.1) is 22.5 Å². The van der Waals surface area contributed by atoms with Gasteiger partial charge in [-0.15, -0.1) is 0 Å². The Morgan fingerprint density at radius 1 is 0.522 bits per heavy atom. The average Bonchev–Trinajstić information content (AvgIpc) is 2.98. The molecule has 4 aromatic carbocycles. The largest absolute Gasteiger partial charge is 0.478 e. The number of carbonyl (C=O) groups is 8. The topological polar surface area (TPSA) is 202 Å². The molecule has 0 fully saturated rings. The molecular formula is C32H18N2O12. The summed E-state index contributed by atoms with van der Waals surface area (Å²) in [7, 11) is 0. The van der Waals surface area contributed by atoms with Crippen molar-refractivity contribution in [3.05, 3.63) is 94.0 Å². The molecule has 0 saturated carbocycles. The van der Waals surface area contributed by atoms with E-state index in [4.69, 9.17) is 9.47 Å². The third-order valence-corrected chi connectivity index (χ3v) is 7.30. The predicted molar refractivity (Wildman–Crippen MR) is 156 cm³/mol. The molecule has 0 bridgehead atoms. The van der Waals surface area contributed by atoms with E-state index in [9.17, 15) is 48.6 Å². The van der Waals surface area contributed by atoms with Gasteiger partial charge in [-0.1, -0.05) is 0 Å². The highest BCUT2D eigenvalue weighted by atomic mass is 16.5. The Balaban J connectivity index is 1.52. The van der Waals surface area contributed by atoms with Crippen molar-refractivity contribution >= 4 is 69.7 Å². The number of carboxylic acids is 2. The number of nitrogens with zero attached hydrogens (tertiary/aromatic N) is 2. The lowest BCUT2D eigenvalue weighted by atomic mass is 9.85. The van der Waals surface area contributed by atoms with Gasteiger partial charge < -0.3 is 19.7 Å². The number of amides is 4. The maximum atomic E-state index is 13.9. The molecule has 46 heavy (non-hydrogen) atoms. The summed E-state index contributed by atoms with van der Waals surface area (Å²) < 4.78 is 10.1. The van der Waals surface area contributed by atoms with E-state index in [0.29, 0.717) is 9.80 Å². The van der Waals surface area contributed by atoms with Crippen molar-refractivity contribution in [3.63, 3.8) is 0 Å². The molecule has 0 unspecified atom stereocenters. The Morgan fingerprint density at radius 3 is 1.09 bits per heavy atom. The first kappa shape index (κ1) is 29.4. The smallest absolute Gasteiger partial charge is 0.337 e. The molecule has 14 nitrogen and oxygen atoms in total. The highest BCUT2D eigenvalue weighted by Crippen LogP contribution is 2.42. The van der Waals surface area contributed by atoms with Crippen LogP contribution in [-0.4, -0.2) is 57.7 Å². The van der Waals surface area contributed by atoms with Crippen LogP contribution < -0.4 is 19.3 Å². The van der Waals surface area contributed by atoms with E-state index in [2.05, 4.69) is 0 Å². The lowest BCUT2D eigenvalue weighted by Crippen LogP contribution is -2.44. The molecule has 2 aliphatic rings. The summed E-state index contributed by atoms with van der Waals surface area (Å²) in [6, 6.07) is 11.5. The van der Waals surface area contributed by atoms with Crippen LogP contribution in [0.1, 0.15) is 76.0 Å². The van der Waals surface area contributed by atoms with E-state index >= 15 is 0 Å². The van der Waals surface area contributed by atoms with Crippen LogP contribution in [0.4, 0.5) is 11.4 Å². The summed E-state index contributed by atoms with van der Waals surface area (Å²) >= 11 is 0. The molecule has 4 amide bonds. The molecule has 0 saturated heterocycles. The van der Waals surface area contributed by atoms with Gasteiger partial charge in [-0.2, -0.15) is 0 Å². The zero-order chi connectivity index (χ0) is 33.2. The predicted octanol–water partition coefficient (Wildman–Crippen LogP) is 3.69. The average molecular weight is 622 g/mol. The molecule has 4 aromatic rings. The van der Waals surface area contributed by atoms with Gasteiger partial charge in [-0.3, -0.25) is 28.8 Å². The van der Waals surface area contributed by atoms with Crippen molar-refractivity contribution in [2.45, 2.75) is 13.8 Å². The SMILES string of the molecule is CC(=O)Oc1ccc(C(=O)O)c(N2C(=O)c3ccc4c5c(ccc(c35)C2=O)C(=O)N(c2cc(OC(C)=O)ccc2C(=O)O)C4=O)c1. The summed E-state index contributed by atoms with van der Waals surface area (Å²) in [5, 5.41) is 19.5. The van der Waals surface area contributed by atoms with Crippen molar-refractivity contribution in [2.24, 2.45) is 0 Å². The number of benzene rings is 4. The normalized spacial score (nSPS) is 13.6. The molecule has 0 aromatic heterocycles. The van der Waals surface area contributed by atoms with Crippen molar-refractivity contribution in [2.75, 3.05) is 9.80 Å². The van der Waals surface area contributed by atoms with Crippen molar-refractivity contribution in [1.29, 1.82) is 0 Å². The molecule has 2 N–H and O–H groups in total. The van der Waals surface area contributed by atoms with E-state index in [0.717, 1.165) is 38.1 Å². The Hall–Kier alpha value is -6.70. The quantitative estimate of drug-likeness (QED) is 0.180. The second-order valence-electron chi connectivity index (χ2n) is 10.1. The van der Waals surface area contributed by atoms with E-state index in [1.807, 2.05) is 0 Å². The molecule has 2 heterocycles. The summed E-state index contributed by atoms with van der Waals surface area (Å²) in [5.74, 6) is -8.58. The van der Waals surface area contributed by atoms with Crippen LogP contribution in [0, 0.1) is 0 Å². The van der Waals surface area contributed by atoms with Crippen LogP contribution in [0.3, 0.4) is 0 Å². The molecule has 0 atom stereocenters. The first-order valence-corrected chi connectivity index (χ1v) is 13.3. The zero-order valence-corrected chi connectivity index (χ0v) is 23.6. The Labute approximate surface area is 256 Å². The van der Waals surface area contributed by atoms with Gasteiger partial charge in [0.15, 0.2) is 0 Å². The summed E-state index contributed by atoms with van der Waals surface area (Å²) in [6.45, 7) is 2.22. The number of aromatic carboxylic acids is 2. The molecule has 0 spiro atoms. The summed E-state index contributed by atoms with van der Waals surface area (Å²) in [5.41, 5.74) is -2.21. The Kier molecular flexibility index (Phi) is 6.69. The van der Waals surface area contributed by atoms with Crippen molar-refractivity contribution < 1.29 is 58.0 Å². The first-order chi connectivity index (χ1) is 21.8. The summed E-state index contributed by atoms with van der Waals surface area (Å²) in [6.07, 6.45) is 0. The van der Waals surface area contributed by atoms with Gasteiger partial charge in [0.2, 0.25) is 0 Å². The number of carboxylic acid groups (broad SMARTS) is 2. The lowest BCUT2D eigenvalue weighted by molar-refractivity contribution is -0.132. The second-order valence-corrected chi connectivity index (χ2v) is 10.1. The number of hydrogen-bond acceptors (Lipinski definition) is 10. The molecule has 0 aliphatic carbocycles. The first-order valence-electron chi connectivity index (χ1n) is 13.3. The minimum atomic E-state index is -1.48. The van der Waals surface area contributed by atoms with Crippen LogP contribution in [0.5, 0.6) is 11.5 Å². The number of anilines is 2. The van der Waals surface area contributed by atoms with Gasteiger partial charge >= 0.3 is 23.9 Å². The molecule has 14 heteroatoms. The zero-order valence-electron chi connectivity index (χ0n) is 23.6. The fraction of sp³-hybridized carbons (Fsp3) is 0.0625. The summed E-state index contributed by atoms with van der Waals surface area (Å²) in [4.78, 5) is 104. The monoisotopic (exact) mass is 622 g/mol. The fourth-order valence-electron chi connectivity index (χ4n) is 5.53. The molecular weight excluding hydrogens is 604 g/mol. The lowest BCUT2D eigenvalue weighted by Gasteiger charge is -2.32. The van der Waals surface area contributed by atoms with E-state index in [1.54, 1.807) is 0 Å². The standard InChI is InChI=1S/C32H18N2O12/c1-13(35)45-15-3-5-17(31(41)42)23(11-15)33-27(37)19-7-9-21-26-22(10-8-20(25(19)26)28(33)38)30(40)34(29(21)39)24-12-16(46-14(2)36)4-6-18(24)32(43)44/h3-12H,1-2H3,(H,41,42)(H,43,44). The highest BCUT2D eigenvalue weighted by Gasteiger charge is 2.42. The van der Waals surface area contributed by atoms with Crippen LogP contribution in [0.15, 0.2) is 60.7 Å². The number of carbonyl (C=O) groups excluding carboxylic acids is 6. The van der Waals surface area contributed by atoms with Crippen molar-refractivity contribution in [3.8, 4) is 11.5 Å². The van der Waals surface area contributed by atoms with E-state index in [1.165, 1.54) is 36.4 Å². The third kappa shape index (κ3) is 4.43. The molecule has 6 rings (SSSR count). The van der Waals surface area contributed by atoms with Crippen LogP contribution in [0.25, 0.3) is 10.8 Å². The molecule has 2 aliphatic heterocycles. The van der Waals surface area contributed by atoms with Gasteiger partial charge in [-0.05, 0) is 48.5 Å². The minimum absolute atomic E-state index is 0.0391. The van der Waals surface area contributed by atoms with Crippen LogP contribution in [-0.2, 0) is 9.59 Å². The number of ether oxygens (including phenoxy) is 2. The molecule has 0 radical (unpaired) electrons. The van der Waals surface area contributed by atoms with Gasteiger partial charge in [0, 0.05) is 59.0 Å².